The molecule has 4 aromatic rings. The lowest BCUT2D eigenvalue weighted by Crippen LogP contribution is -2.61. The van der Waals surface area contributed by atoms with Crippen LogP contribution in [0.4, 0.5) is 0 Å². The summed E-state index contributed by atoms with van der Waals surface area (Å²) in [5.74, 6) is -3.57. The van der Waals surface area contributed by atoms with E-state index in [0.717, 1.165) is 35.9 Å². The number of carbonyl (C=O) groups is 3. The number of carboxylic acids is 1. The number of nitrogens with zero attached hydrogens (tertiary/aromatic N) is 1. The SMILES string of the molecule is O=C(O)C1OC(Oc2ccc3c([C@@H]4C(=O)NC(=O)[C@H]4c4cn5c6c(cccc46)CCC5)c[nH]c3c2)[C@@H](O)[C@H](O)[C@H]1O. The average molecular weight is 562 g/mol. The molecule has 5 heterocycles. The highest BCUT2D eigenvalue weighted by Gasteiger charge is 2.48. The van der Waals surface area contributed by atoms with Crippen LogP contribution in [-0.4, -0.2) is 78.5 Å². The fourth-order valence-electron chi connectivity index (χ4n) is 6.49. The molecule has 12 nitrogen and oxygen atoms in total. The van der Waals surface area contributed by atoms with Crippen molar-refractivity contribution in [1.82, 2.24) is 14.9 Å². The minimum absolute atomic E-state index is 0.181. The van der Waals surface area contributed by atoms with Gasteiger partial charge in [-0.1, -0.05) is 18.2 Å². The Balaban J connectivity index is 1.22. The van der Waals surface area contributed by atoms with Crippen LogP contribution in [0.1, 0.15) is 34.9 Å². The van der Waals surface area contributed by atoms with Crippen LogP contribution in [-0.2, 0) is 32.1 Å². The highest BCUT2D eigenvalue weighted by Crippen LogP contribution is 2.44. The number of hydrogen-bond donors (Lipinski definition) is 6. The Morgan fingerprint density at radius 1 is 0.976 bits per heavy atom. The van der Waals surface area contributed by atoms with Gasteiger partial charge in [0.1, 0.15) is 24.1 Å². The molecule has 0 aliphatic carbocycles. The summed E-state index contributed by atoms with van der Waals surface area (Å²) in [6.45, 7) is 0.846. The Morgan fingerprint density at radius 2 is 1.76 bits per heavy atom. The monoisotopic (exact) mass is 561 g/mol. The van der Waals surface area contributed by atoms with Crippen LogP contribution in [0.5, 0.6) is 5.75 Å². The van der Waals surface area contributed by atoms with Crippen LogP contribution in [0.15, 0.2) is 48.8 Å². The number of carboxylic acid groups (broad SMARTS) is 1. The number of rotatable bonds is 5. The van der Waals surface area contributed by atoms with E-state index in [4.69, 9.17) is 9.47 Å². The molecular formula is C29H27N3O9. The average Bonchev–Trinajstić information content (AvgIpc) is 3.62. The molecule has 6 N–H and O–H groups in total. The van der Waals surface area contributed by atoms with Gasteiger partial charge in [0.05, 0.1) is 17.4 Å². The second-order valence-corrected chi connectivity index (χ2v) is 10.8. The molecule has 3 aliphatic heterocycles. The van der Waals surface area contributed by atoms with Gasteiger partial charge in [0.25, 0.3) is 0 Å². The first-order chi connectivity index (χ1) is 19.7. The summed E-state index contributed by atoms with van der Waals surface area (Å²) >= 11 is 0. The van der Waals surface area contributed by atoms with Crippen molar-refractivity contribution in [2.45, 2.75) is 61.9 Å². The Kier molecular flexibility index (Phi) is 5.91. The summed E-state index contributed by atoms with van der Waals surface area (Å²) in [5, 5.41) is 43.7. The Bertz CT molecular complexity index is 1730. The lowest BCUT2D eigenvalue weighted by Gasteiger charge is -2.38. The van der Waals surface area contributed by atoms with E-state index in [0.29, 0.717) is 16.5 Å². The molecule has 2 saturated heterocycles. The molecule has 2 fully saturated rings. The predicted molar refractivity (Wildman–Crippen MR) is 142 cm³/mol. The molecule has 2 amide bonds. The van der Waals surface area contributed by atoms with E-state index in [1.165, 1.54) is 5.56 Å². The topological polar surface area (TPSA) is 183 Å². The summed E-state index contributed by atoms with van der Waals surface area (Å²) in [6, 6.07) is 10.9. The van der Waals surface area contributed by atoms with Crippen LogP contribution in [0.25, 0.3) is 21.8 Å². The number of benzene rings is 2. The summed E-state index contributed by atoms with van der Waals surface area (Å²) in [4.78, 5) is 40.9. The molecule has 0 saturated carbocycles. The van der Waals surface area contributed by atoms with Gasteiger partial charge in [0.15, 0.2) is 6.10 Å². The van der Waals surface area contributed by atoms with E-state index in [2.05, 4.69) is 20.9 Å². The number of amides is 2. The molecular weight excluding hydrogens is 534 g/mol. The molecule has 212 valence electrons. The first kappa shape index (κ1) is 25.7. The van der Waals surface area contributed by atoms with E-state index < -0.39 is 48.5 Å². The van der Waals surface area contributed by atoms with Crippen molar-refractivity contribution in [3.8, 4) is 5.75 Å². The van der Waals surface area contributed by atoms with Crippen LogP contribution < -0.4 is 10.1 Å². The maximum atomic E-state index is 13.2. The van der Waals surface area contributed by atoms with Crippen LogP contribution >= 0.6 is 0 Å². The number of hydrogen-bond acceptors (Lipinski definition) is 8. The maximum Gasteiger partial charge on any atom is 0.335 e. The first-order valence-corrected chi connectivity index (χ1v) is 13.4. The van der Waals surface area contributed by atoms with Crippen molar-refractivity contribution in [2.75, 3.05) is 0 Å². The Morgan fingerprint density at radius 3 is 2.54 bits per heavy atom. The summed E-state index contributed by atoms with van der Waals surface area (Å²) in [5.41, 5.74) is 4.33. The van der Waals surface area contributed by atoms with Gasteiger partial charge >= 0.3 is 5.97 Å². The van der Waals surface area contributed by atoms with Gasteiger partial charge in [-0.2, -0.15) is 0 Å². The number of aromatic nitrogens is 2. The standard InChI is InChI=1S/C29H27N3O9/c33-22-23(34)25(28(38)39)41-29(24(22)35)40-13-6-7-14-16(10-30-18(14)9-13)19-20(27(37)31-26(19)36)17-11-32-8-2-4-12-3-1-5-15(17)21(12)32/h1,3,5-7,9-11,19-20,22-25,29-30,33-35H,2,4,8H2,(H,38,39)(H,31,36,37)/t19-,20-,22+,23+,24-,25?,29?/m0/s1. The van der Waals surface area contributed by atoms with E-state index in [1.807, 2.05) is 18.3 Å². The van der Waals surface area contributed by atoms with E-state index in [9.17, 15) is 34.8 Å². The number of aryl methyl sites for hydroxylation is 2. The number of aliphatic hydroxyl groups excluding tert-OH is 3. The van der Waals surface area contributed by atoms with Gasteiger partial charge < -0.3 is 39.5 Å². The number of aromatic amines is 1. The highest BCUT2D eigenvalue weighted by molar-refractivity contribution is 6.13. The molecule has 3 aliphatic rings. The molecule has 7 rings (SSSR count). The Hall–Kier alpha value is -4.23. The minimum Gasteiger partial charge on any atom is -0.479 e. The first-order valence-electron chi connectivity index (χ1n) is 13.4. The van der Waals surface area contributed by atoms with Crippen molar-refractivity contribution >= 4 is 39.6 Å². The number of aliphatic hydroxyl groups is 3. The fraction of sp³-hybridized carbons (Fsp3) is 0.345. The number of imide groups is 1. The summed E-state index contributed by atoms with van der Waals surface area (Å²) < 4.78 is 13.0. The number of ether oxygens (including phenoxy) is 2. The number of para-hydroxylation sites is 1. The predicted octanol–water partition coefficient (Wildman–Crippen LogP) is 0.864. The molecule has 41 heavy (non-hydrogen) atoms. The number of nitrogens with one attached hydrogen (secondary N) is 2. The Labute approximate surface area is 232 Å². The minimum atomic E-state index is -1.83. The van der Waals surface area contributed by atoms with Crippen LogP contribution in [0, 0.1) is 0 Å². The van der Waals surface area contributed by atoms with Gasteiger partial charge in [-0.3, -0.25) is 14.9 Å². The molecule has 0 radical (unpaired) electrons. The van der Waals surface area contributed by atoms with Crippen LogP contribution in [0.3, 0.4) is 0 Å². The van der Waals surface area contributed by atoms with Gasteiger partial charge in [-0.25, -0.2) is 4.79 Å². The van der Waals surface area contributed by atoms with Crippen molar-refractivity contribution in [1.29, 1.82) is 0 Å². The second-order valence-electron chi connectivity index (χ2n) is 10.8. The fourth-order valence-corrected chi connectivity index (χ4v) is 6.49. The molecule has 7 atom stereocenters. The highest BCUT2D eigenvalue weighted by atomic mass is 16.7. The molecule has 0 bridgehead atoms. The van der Waals surface area contributed by atoms with Crippen LogP contribution in [0.2, 0.25) is 0 Å². The summed E-state index contributed by atoms with van der Waals surface area (Å²) in [6.07, 6.45) is -3.04. The third-order valence-corrected chi connectivity index (χ3v) is 8.42. The number of carbonyl (C=O) groups excluding carboxylic acids is 2. The van der Waals surface area contributed by atoms with Crippen molar-refractivity contribution in [3.05, 3.63) is 65.5 Å². The zero-order valence-electron chi connectivity index (χ0n) is 21.6. The van der Waals surface area contributed by atoms with E-state index >= 15 is 0 Å². The molecule has 12 heteroatoms. The molecule has 2 aromatic carbocycles. The quantitative estimate of drug-likeness (QED) is 0.193. The molecule has 0 spiro atoms. The number of H-pyrrole nitrogens is 1. The largest absolute Gasteiger partial charge is 0.479 e. The summed E-state index contributed by atoms with van der Waals surface area (Å²) in [7, 11) is 0. The van der Waals surface area contributed by atoms with E-state index in [1.54, 1.807) is 24.4 Å². The lowest BCUT2D eigenvalue weighted by molar-refractivity contribution is -0.271. The van der Waals surface area contributed by atoms with Gasteiger partial charge in [-0.05, 0) is 41.7 Å². The smallest absolute Gasteiger partial charge is 0.335 e. The second kappa shape index (κ2) is 9.42. The van der Waals surface area contributed by atoms with E-state index in [-0.39, 0.29) is 17.6 Å². The number of fused-ring (bicyclic) bond motifs is 1. The van der Waals surface area contributed by atoms with Crippen molar-refractivity contribution < 1.29 is 44.3 Å². The van der Waals surface area contributed by atoms with Gasteiger partial charge in [-0.15, -0.1) is 0 Å². The van der Waals surface area contributed by atoms with Crippen molar-refractivity contribution in [2.24, 2.45) is 0 Å². The zero-order chi connectivity index (χ0) is 28.6. The molecule has 2 aromatic heterocycles. The maximum absolute atomic E-state index is 13.2. The lowest BCUT2D eigenvalue weighted by atomic mass is 9.83. The third-order valence-electron chi connectivity index (χ3n) is 8.42. The van der Waals surface area contributed by atoms with Gasteiger partial charge in [0, 0.05) is 41.3 Å². The molecule has 2 unspecified atom stereocenters. The van der Waals surface area contributed by atoms with Crippen molar-refractivity contribution in [3.63, 3.8) is 0 Å². The van der Waals surface area contributed by atoms with Gasteiger partial charge in [0.2, 0.25) is 18.1 Å². The normalized spacial score (nSPS) is 29.7. The number of aliphatic carboxylic acids is 1. The zero-order valence-corrected chi connectivity index (χ0v) is 21.6. The third kappa shape index (κ3) is 3.94.